The number of thiophene rings is 1. The Kier molecular flexibility index (Phi) is 8.50. The van der Waals surface area contributed by atoms with Crippen molar-refractivity contribution in [3.05, 3.63) is 70.1 Å². The van der Waals surface area contributed by atoms with E-state index in [9.17, 15) is 45.8 Å². The molecule has 3 aromatic rings. The number of rotatable bonds is 8. The molecule has 208 valence electrons. The molecule has 7 nitrogen and oxygen atoms in total. The minimum Gasteiger partial charge on any atom is -0.478 e. The van der Waals surface area contributed by atoms with Crippen LogP contribution in [0, 0.1) is 0 Å². The van der Waals surface area contributed by atoms with Crippen molar-refractivity contribution in [3.8, 4) is 16.2 Å². The Morgan fingerprint density at radius 2 is 1.56 bits per heavy atom. The lowest BCUT2D eigenvalue weighted by Crippen LogP contribution is -2.28. The van der Waals surface area contributed by atoms with Gasteiger partial charge in [-0.3, -0.25) is 4.79 Å². The summed E-state index contributed by atoms with van der Waals surface area (Å²) in [6.07, 6.45) is -10.2. The van der Waals surface area contributed by atoms with Crippen molar-refractivity contribution in [3.63, 3.8) is 0 Å². The highest BCUT2D eigenvalue weighted by Gasteiger charge is 2.37. The summed E-state index contributed by atoms with van der Waals surface area (Å²) in [6, 6.07) is 7.60. The first-order valence-electron chi connectivity index (χ1n) is 10.5. The fraction of sp³-hybridized carbons (Fsp3) is 0.208. The normalized spacial score (nSPS) is 12.6. The van der Waals surface area contributed by atoms with Crippen LogP contribution in [0.4, 0.5) is 32.0 Å². The van der Waals surface area contributed by atoms with Crippen molar-refractivity contribution in [2.24, 2.45) is 0 Å². The molecule has 2 N–H and O–H groups in total. The summed E-state index contributed by atoms with van der Waals surface area (Å²) in [5.41, 5.74) is -5.19. The van der Waals surface area contributed by atoms with E-state index in [0.717, 1.165) is 17.9 Å². The highest BCUT2D eigenvalue weighted by Crippen LogP contribution is 2.41. The van der Waals surface area contributed by atoms with Crippen LogP contribution in [0.1, 0.15) is 33.3 Å². The quantitative estimate of drug-likeness (QED) is 0.221. The molecular weight excluding hydrogens is 580 g/mol. The Morgan fingerprint density at radius 1 is 0.974 bits per heavy atom. The van der Waals surface area contributed by atoms with E-state index in [1.165, 1.54) is 24.3 Å². The van der Waals surface area contributed by atoms with Crippen molar-refractivity contribution < 1.29 is 55.7 Å². The number of amides is 1. The van der Waals surface area contributed by atoms with Gasteiger partial charge in [-0.05, 0) is 35.4 Å². The van der Waals surface area contributed by atoms with Gasteiger partial charge in [-0.2, -0.15) is 26.3 Å². The van der Waals surface area contributed by atoms with Gasteiger partial charge in [-0.1, -0.05) is 29.8 Å². The first-order chi connectivity index (χ1) is 18.0. The standard InChI is InChI=1S/C24H16ClF6NO6S/c1-11(33)32(16-7-14(23(26,27)28)6-15(8-16)24(29,30)31)10-12-3-2-4-13(5-12)19-17(38-20(25)22(36)37)9-18(39-19)21(34)35/h2-9,20H,10H2,1H3,(H,34,35)(H,36,37). The maximum absolute atomic E-state index is 13.3. The van der Waals surface area contributed by atoms with E-state index in [1.54, 1.807) is 0 Å². The second kappa shape index (κ2) is 11.1. The first-order valence-corrected chi connectivity index (χ1v) is 11.8. The van der Waals surface area contributed by atoms with Crippen LogP contribution < -0.4 is 9.64 Å². The van der Waals surface area contributed by atoms with Crippen molar-refractivity contribution in [2.75, 3.05) is 4.90 Å². The van der Waals surface area contributed by atoms with E-state index in [2.05, 4.69) is 0 Å². The van der Waals surface area contributed by atoms with Gasteiger partial charge in [0, 0.05) is 18.7 Å². The van der Waals surface area contributed by atoms with Crippen LogP contribution in [0.3, 0.4) is 0 Å². The van der Waals surface area contributed by atoms with E-state index in [1.807, 2.05) is 0 Å². The lowest BCUT2D eigenvalue weighted by molar-refractivity contribution is -0.143. The number of anilines is 1. The lowest BCUT2D eigenvalue weighted by Gasteiger charge is -2.24. The number of ether oxygens (including phenoxy) is 1. The SMILES string of the molecule is CC(=O)N(Cc1cccc(-c2sc(C(=O)O)cc2OC(Cl)C(=O)O)c1)c1cc(C(F)(F)F)cc(C(F)(F)F)c1. The summed E-state index contributed by atoms with van der Waals surface area (Å²) in [4.78, 5) is 35.5. The molecular formula is C24H16ClF6NO6S. The number of carbonyl (C=O) groups excluding carboxylic acids is 1. The van der Waals surface area contributed by atoms with Crippen LogP contribution in [0.25, 0.3) is 10.4 Å². The molecule has 0 spiro atoms. The molecule has 1 atom stereocenters. The third kappa shape index (κ3) is 7.20. The molecule has 1 aromatic heterocycles. The van der Waals surface area contributed by atoms with E-state index in [-0.39, 0.29) is 32.7 Å². The molecule has 2 aromatic carbocycles. The second-order valence-corrected chi connectivity index (χ2v) is 9.40. The van der Waals surface area contributed by atoms with Crippen molar-refractivity contribution in [2.45, 2.75) is 31.4 Å². The monoisotopic (exact) mass is 595 g/mol. The summed E-state index contributed by atoms with van der Waals surface area (Å²) in [7, 11) is 0. The zero-order chi connectivity index (χ0) is 29.3. The molecule has 0 aliphatic rings. The van der Waals surface area contributed by atoms with Gasteiger partial charge < -0.3 is 19.8 Å². The maximum atomic E-state index is 13.3. The van der Waals surface area contributed by atoms with Gasteiger partial charge in [0.15, 0.2) is 0 Å². The Balaban J connectivity index is 2.06. The number of carbonyl (C=O) groups is 3. The molecule has 0 aliphatic carbocycles. The molecule has 0 bridgehead atoms. The molecule has 0 aliphatic heterocycles. The number of carboxylic acid groups (broad SMARTS) is 2. The lowest BCUT2D eigenvalue weighted by atomic mass is 10.1. The van der Waals surface area contributed by atoms with Crippen molar-refractivity contribution in [1.82, 2.24) is 0 Å². The summed E-state index contributed by atoms with van der Waals surface area (Å²) in [5, 5.41) is 18.3. The second-order valence-electron chi connectivity index (χ2n) is 7.95. The average molecular weight is 596 g/mol. The van der Waals surface area contributed by atoms with Crippen LogP contribution in [-0.4, -0.2) is 33.6 Å². The van der Waals surface area contributed by atoms with Gasteiger partial charge in [-0.15, -0.1) is 11.3 Å². The molecule has 0 fully saturated rings. The number of aliphatic carboxylic acids is 1. The fourth-order valence-electron chi connectivity index (χ4n) is 3.40. The first kappa shape index (κ1) is 29.8. The number of aromatic carboxylic acids is 1. The molecule has 15 heteroatoms. The summed E-state index contributed by atoms with van der Waals surface area (Å²) in [5.74, 6) is -3.93. The van der Waals surface area contributed by atoms with Gasteiger partial charge in [0.2, 0.25) is 5.91 Å². The summed E-state index contributed by atoms with van der Waals surface area (Å²) >= 11 is 6.33. The van der Waals surface area contributed by atoms with Gasteiger partial charge >= 0.3 is 24.3 Å². The third-order valence-corrected chi connectivity index (χ3v) is 6.56. The minimum atomic E-state index is -5.12. The zero-order valence-corrected chi connectivity index (χ0v) is 21.0. The summed E-state index contributed by atoms with van der Waals surface area (Å²) < 4.78 is 85.2. The Bertz CT molecular complexity index is 1390. The molecule has 39 heavy (non-hydrogen) atoms. The van der Waals surface area contributed by atoms with Crippen LogP contribution in [0.2, 0.25) is 0 Å². The fourth-order valence-corrected chi connectivity index (χ4v) is 4.42. The third-order valence-electron chi connectivity index (χ3n) is 5.13. The minimum absolute atomic E-state index is 0.0535. The van der Waals surface area contributed by atoms with Crippen LogP contribution in [-0.2, 0) is 28.5 Å². The predicted molar refractivity (Wildman–Crippen MR) is 128 cm³/mol. The van der Waals surface area contributed by atoms with E-state index >= 15 is 0 Å². The average Bonchev–Trinajstić information content (AvgIpc) is 3.25. The Morgan fingerprint density at radius 3 is 2.05 bits per heavy atom. The molecule has 1 unspecified atom stereocenters. The Hall–Kier alpha value is -3.78. The molecule has 0 saturated heterocycles. The molecule has 1 amide bonds. The Labute approximate surface area is 224 Å². The van der Waals surface area contributed by atoms with E-state index in [4.69, 9.17) is 21.4 Å². The number of nitrogens with zero attached hydrogens (tertiary/aromatic N) is 1. The van der Waals surface area contributed by atoms with Crippen molar-refractivity contribution in [1.29, 1.82) is 0 Å². The molecule has 1 heterocycles. The van der Waals surface area contributed by atoms with Crippen LogP contribution in [0.15, 0.2) is 48.5 Å². The number of hydrogen-bond acceptors (Lipinski definition) is 5. The highest BCUT2D eigenvalue weighted by atomic mass is 35.5. The molecule has 3 rings (SSSR count). The predicted octanol–water partition coefficient (Wildman–Crippen LogP) is 6.73. The van der Waals surface area contributed by atoms with Crippen molar-refractivity contribution >= 4 is 46.5 Å². The van der Waals surface area contributed by atoms with Gasteiger partial charge in [0.1, 0.15) is 10.6 Å². The van der Waals surface area contributed by atoms with Crippen LogP contribution in [0.5, 0.6) is 5.75 Å². The molecule has 0 saturated carbocycles. The topological polar surface area (TPSA) is 104 Å². The number of carboxylic acids is 2. The molecule has 0 radical (unpaired) electrons. The van der Waals surface area contributed by atoms with E-state index < -0.39 is 59.1 Å². The number of benzene rings is 2. The highest BCUT2D eigenvalue weighted by molar-refractivity contribution is 7.17. The number of halogens is 7. The maximum Gasteiger partial charge on any atom is 0.416 e. The summed E-state index contributed by atoms with van der Waals surface area (Å²) in [6.45, 7) is 0.511. The smallest absolute Gasteiger partial charge is 0.416 e. The van der Waals surface area contributed by atoms with Gasteiger partial charge in [-0.25, -0.2) is 9.59 Å². The van der Waals surface area contributed by atoms with Gasteiger partial charge in [0.05, 0.1) is 22.5 Å². The van der Waals surface area contributed by atoms with E-state index in [0.29, 0.717) is 23.5 Å². The zero-order valence-electron chi connectivity index (χ0n) is 19.4. The van der Waals surface area contributed by atoms with Crippen LogP contribution >= 0.6 is 22.9 Å². The number of hydrogen-bond donors (Lipinski definition) is 2. The van der Waals surface area contributed by atoms with Gasteiger partial charge in [0.25, 0.3) is 5.56 Å². The number of alkyl halides is 7. The largest absolute Gasteiger partial charge is 0.478 e.